The monoisotopic (exact) mass is 488 g/mol. The van der Waals surface area contributed by atoms with Crippen molar-refractivity contribution in [3.8, 4) is 0 Å². The van der Waals surface area contributed by atoms with E-state index in [-0.39, 0.29) is 22.9 Å². The van der Waals surface area contributed by atoms with E-state index in [1.807, 2.05) is 12.3 Å². The average Bonchev–Trinajstić information content (AvgIpc) is 3.39. The largest absolute Gasteiger partial charge is 0.370 e. The van der Waals surface area contributed by atoms with Gasteiger partial charge in [0.15, 0.2) is 5.78 Å². The Morgan fingerprint density at radius 3 is 2.39 bits per heavy atom. The lowest BCUT2D eigenvalue weighted by Crippen LogP contribution is -2.35. The van der Waals surface area contributed by atoms with Crippen molar-refractivity contribution in [1.82, 2.24) is 19.5 Å². The van der Waals surface area contributed by atoms with Gasteiger partial charge in [-0.3, -0.25) is 14.2 Å². The molecule has 8 heteroatoms. The second-order valence-corrected chi connectivity index (χ2v) is 10.7. The number of piperidine rings is 1. The van der Waals surface area contributed by atoms with Crippen LogP contribution in [-0.4, -0.2) is 38.4 Å². The molecule has 1 aliphatic carbocycles. The third-order valence-electron chi connectivity index (χ3n) is 8.09. The van der Waals surface area contributed by atoms with Gasteiger partial charge in [-0.2, -0.15) is 4.98 Å². The third kappa shape index (κ3) is 4.61. The van der Waals surface area contributed by atoms with Crippen molar-refractivity contribution in [3.05, 3.63) is 46.0 Å². The number of hydrogen-bond acceptors (Lipinski definition) is 7. The Morgan fingerprint density at radius 2 is 1.78 bits per heavy atom. The lowest BCUT2D eigenvalue weighted by molar-refractivity contribution is 0.101. The number of carbonyl (C=O) groups is 1. The van der Waals surface area contributed by atoms with E-state index >= 15 is 0 Å². The number of ketones is 1. The van der Waals surface area contributed by atoms with Crippen molar-refractivity contribution < 1.29 is 4.79 Å². The van der Waals surface area contributed by atoms with E-state index in [9.17, 15) is 9.59 Å². The molecule has 0 unspecified atom stereocenters. The first-order valence-electron chi connectivity index (χ1n) is 13.2. The topological polar surface area (TPSA) is 93.0 Å². The molecule has 8 nitrogen and oxygen atoms in total. The summed E-state index contributed by atoms with van der Waals surface area (Å²) in [5.41, 5.74) is 2.36. The first-order chi connectivity index (χ1) is 17.3. The number of anilines is 3. The Morgan fingerprint density at radius 1 is 1.06 bits per heavy atom. The van der Waals surface area contributed by atoms with E-state index in [2.05, 4.69) is 40.1 Å². The molecular formula is C28H36N6O2. The first-order valence-corrected chi connectivity index (χ1v) is 13.2. The summed E-state index contributed by atoms with van der Waals surface area (Å²) in [6.07, 6.45) is 10.0. The van der Waals surface area contributed by atoms with Crippen LogP contribution >= 0.6 is 0 Å². The fourth-order valence-electron chi connectivity index (χ4n) is 5.89. The van der Waals surface area contributed by atoms with Crippen molar-refractivity contribution in [3.63, 3.8) is 0 Å². The molecule has 0 bridgehead atoms. The van der Waals surface area contributed by atoms with E-state index in [1.165, 1.54) is 19.8 Å². The first kappa shape index (κ1) is 24.4. The molecule has 1 saturated heterocycles. The Hall–Kier alpha value is -3.29. The zero-order valence-corrected chi connectivity index (χ0v) is 21.8. The lowest BCUT2D eigenvalue weighted by atomic mass is 9.86. The van der Waals surface area contributed by atoms with Gasteiger partial charge in [-0.05, 0) is 69.1 Å². The van der Waals surface area contributed by atoms with E-state index in [0.29, 0.717) is 23.0 Å². The molecule has 36 heavy (non-hydrogen) atoms. The van der Waals surface area contributed by atoms with Gasteiger partial charge in [0.25, 0.3) is 5.56 Å². The second-order valence-electron chi connectivity index (χ2n) is 10.7. The molecule has 0 aromatic carbocycles. The molecular weight excluding hydrogens is 452 g/mol. The zero-order valence-electron chi connectivity index (χ0n) is 21.8. The number of hydrogen-bond donors (Lipinski definition) is 1. The van der Waals surface area contributed by atoms with Gasteiger partial charge in [0.1, 0.15) is 11.5 Å². The number of aryl methyl sites for hydroxylation is 1. The smallest absolute Gasteiger partial charge is 0.263 e. The second kappa shape index (κ2) is 9.99. The van der Waals surface area contributed by atoms with Crippen molar-refractivity contribution >= 4 is 34.3 Å². The van der Waals surface area contributed by atoms with Crippen LogP contribution < -0.4 is 15.8 Å². The molecule has 0 amide bonds. The number of nitrogens with one attached hydrogen (secondary N) is 1. The summed E-state index contributed by atoms with van der Waals surface area (Å²) in [6, 6.07) is 4.09. The van der Waals surface area contributed by atoms with Gasteiger partial charge >= 0.3 is 0 Å². The zero-order chi connectivity index (χ0) is 25.4. The van der Waals surface area contributed by atoms with Gasteiger partial charge in [0.2, 0.25) is 5.95 Å². The van der Waals surface area contributed by atoms with Gasteiger partial charge in [-0.25, -0.2) is 9.97 Å². The van der Waals surface area contributed by atoms with Crippen LogP contribution in [0, 0.1) is 18.8 Å². The van der Waals surface area contributed by atoms with Gasteiger partial charge in [-0.15, -0.1) is 0 Å². The van der Waals surface area contributed by atoms with E-state index in [4.69, 9.17) is 4.98 Å². The molecule has 0 radical (unpaired) electrons. The summed E-state index contributed by atoms with van der Waals surface area (Å²) in [7, 11) is 0. The van der Waals surface area contributed by atoms with E-state index < -0.39 is 0 Å². The summed E-state index contributed by atoms with van der Waals surface area (Å²) in [5, 5.41) is 3.95. The summed E-state index contributed by atoms with van der Waals surface area (Å²) < 4.78 is 1.73. The minimum Gasteiger partial charge on any atom is -0.370 e. The quantitative estimate of drug-likeness (QED) is 0.463. The number of carbonyl (C=O) groups excluding carboxylic acids is 1. The highest BCUT2D eigenvalue weighted by molar-refractivity contribution is 5.99. The number of aromatic nitrogens is 4. The van der Waals surface area contributed by atoms with Crippen LogP contribution in [0.3, 0.4) is 0 Å². The van der Waals surface area contributed by atoms with Crippen molar-refractivity contribution in [2.45, 2.75) is 72.3 Å². The maximum absolute atomic E-state index is 13.4. The third-order valence-corrected chi connectivity index (χ3v) is 8.09. The summed E-state index contributed by atoms with van der Waals surface area (Å²) >= 11 is 0. The fourth-order valence-corrected chi connectivity index (χ4v) is 5.89. The highest BCUT2D eigenvalue weighted by Gasteiger charge is 2.26. The summed E-state index contributed by atoms with van der Waals surface area (Å²) in [6.45, 7) is 10.0. The van der Waals surface area contributed by atoms with Gasteiger partial charge in [0, 0.05) is 30.7 Å². The highest BCUT2D eigenvalue weighted by atomic mass is 16.1. The van der Waals surface area contributed by atoms with Crippen LogP contribution in [0.5, 0.6) is 0 Å². The molecule has 0 spiro atoms. The molecule has 1 saturated carbocycles. The lowest BCUT2D eigenvalue weighted by Gasteiger charge is -2.35. The molecule has 2 fully saturated rings. The van der Waals surface area contributed by atoms with Gasteiger partial charge in [0.05, 0.1) is 17.4 Å². The SMILES string of the molecule is CC(=O)c1c(C)c2cnc(Nc3ccc(N4CCC(C(C)C)CC4)cn3)nc2n(C2CCCC2)c1=O. The summed E-state index contributed by atoms with van der Waals surface area (Å²) in [5.74, 6) is 2.37. The predicted octanol–water partition coefficient (Wildman–Crippen LogP) is 5.43. The number of nitrogens with zero attached hydrogens (tertiary/aromatic N) is 5. The molecule has 1 aliphatic heterocycles. The van der Waals surface area contributed by atoms with Crippen LogP contribution in [0.2, 0.25) is 0 Å². The molecule has 0 atom stereocenters. The maximum atomic E-state index is 13.4. The number of rotatable bonds is 6. The molecule has 3 aromatic rings. The molecule has 4 heterocycles. The number of Topliss-reactive ketones (excluding diaryl/α,β-unsaturated/α-hetero) is 1. The fraction of sp³-hybridized carbons (Fsp3) is 0.536. The Bertz CT molecular complexity index is 1320. The normalized spacial score (nSPS) is 17.3. The Labute approximate surface area is 212 Å². The minimum absolute atomic E-state index is 0.0543. The van der Waals surface area contributed by atoms with Crippen LogP contribution in [0.25, 0.3) is 11.0 Å². The highest BCUT2D eigenvalue weighted by Crippen LogP contribution is 2.32. The molecule has 1 N–H and O–H groups in total. The van der Waals surface area contributed by atoms with Gasteiger partial charge in [-0.1, -0.05) is 26.7 Å². The van der Waals surface area contributed by atoms with Gasteiger partial charge < -0.3 is 10.2 Å². The maximum Gasteiger partial charge on any atom is 0.263 e. The molecule has 190 valence electrons. The summed E-state index contributed by atoms with van der Waals surface area (Å²) in [4.78, 5) is 42.0. The van der Waals surface area contributed by atoms with E-state index in [0.717, 1.165) is 61.7 Å². The predicted molar refractivity (Wildman–Crippen MR) is 143 cm³/mol. The van der Waals surface area contributed by atoms with Crippen LogP contribution in [-0.2, 0) is 0 Å². The molecule has 3 aromatic heterocycles. The number of fused-ring (bicyclic) bond motifs is 1. The van der Waals surface area contributed by atoms with Crippen LogP contribution in [0.4, 0.5) is 17.5 Å². The van der Waals surface area contributed by atoms with Crippen molar-refractivity contribution in [2.75, 3.05) is 23.3 Å². The standard InChI is InChI=1S/C28H36N6O2/c1-17(2)20-11-13-33(14-12-20)22-9-10-24(29-15-22)31-28-30-16-23-18(3)25(19(4)35)27(36)34(26(23)32-28)21-7-5-6-8-21/h9-10,15-17,20-21H,5-8,11-14H2,1-4H3,(H,29,30,31,32). The molecule has 5 rings (SSSR count). The minimum atomic E-state index is -0.243. The van der Waals surface area contributed by atoms with Crippen molar-refractivity contribution in [1.29, 1.82) is 0 Å². The number of pyridine rings is 2. The molecule has 2 aliphatic rings. The van der Waals surface area contributed by atoms with Crippen LogP contribution in [0.15, 0.2) is 29.3 Å². The van der Waals surface area contributed by atoms with Crippen LogP contribution in [0.1, 0.15) is 81.3 Å². The average molecular weight is 489 g/mol. The Kier molecular flexibility index (Phi) is 6.77. The van der Waals surface area contributed by atoms with Crippen molar-refractivity contribution in [2.24, 2.45) is 11.8 Å². The Balaban J connectivity index is 1.42. The van der Waals surface area contributed by atoms with E-state index in [1.54, 1.807) is 17.7 Å².